The highest BCUT2D eigenvalue weighted by molar-refractivity contribution is 6.42. The molecule has 0 saturated carbocycles. The Morgan fingerprint density at radius 1 is 1.46 bits per heavy atom. The first-order valence-electron chi connectivity index (χ1n) is 3.88. The Morgan fingerprint density at radius 2 is 2.15 bits per heavy atom. The number of halogens is 1. The Balaban J connectivity index is 2.34. The maximum Gasteiger partial charge on any atom is 0.290 e. The second-order valence-electron chi connectivity index (χ2n) is 2.97. The van der Waals surface area contributed by atoms with Gasteiger partial charge < -0.3 is 10.6 Å². The molecule has 5 nitrogen and oxygen atoms in total. The smallest absolute Gasteiger partial charge is 0.290 e. The number of hydrogen-bond acceptors (Lipinski definition) is 4. The van der Waals surface area contributed by atoms with Gasteiger partial charge in [-0.15, -0.1) is 0 Å². The van der Waals surface area contributed by atoms with Crippen LogP contribution in [0.5, 0.6) is 0 Å². The van der Waals surface area contributed by atoms with E-state index in [1.165, 1.54) is 5.01 Å². The van der Waals surface area contributed by atoms with E-state index in [-0.39, 0.29) is 17.2 Å². The van der Waals surface area contributed by atoms with Crippen LogP contribution in [0.2, 0.25) is 0 Å². The predicted molar refractivity (Wildman–Crippen MR) is 48.6 cm³/mol. The Kier molecular flexibility index (Phi) is 1.69. The van der Waals surface area contributed by atoms with Crippen molar-refractivity contribution < 1.29 is 4.79 Å². The molecule has 0 aromatic carbocycles. The van der Waals surface area contributed by atoms with E-state index in [2.05, 4.69) is 15.7 Å². The zero-order valence-corrected chi connectivity index (χ0v) is 8.01. The predicted octanol–water partition coefficient (Wildman–Crippen LogP) is 0.109. The second-order valence-corrected chi connectivity index (χ2v) is 3.34. The van der Waals surface area contributed by atoms with Gasteiger partial charge in [0.1, 0.15) is 10.9 Å². The summed E-state index contributed by atoms with van der Waals surface area (Å²) in [5.41, 5.74) is 0.672. The van der Waals surface area contributed by atoms with E-state index >= 15 is 0 Å². The van der Waals surface area contributed by atoms with E-state index in [4.69, 9.17) is 11.6 Å². The van der Waals surface area contributed by atoms with Gasteiger partial charge in [0.25, 0.3) is 5.91 Å². The summed E-state index contributed by atoms with van der Waals surface area (Å²) < 4.78 is 0. The molecule has 2 heterocycles. The minimum absolute atomic E-state index is 0.191. The van der Waals surface area contributed by atoms with Crippen molar-refractivity contribution in [2.24, 2.45) is 5.10 Å². The number of carbonyl (C=O) groups excluding carboxylic acids is 1. The van der Waals surface area contributed by atoms with Gasteiger partial charge in [-0.1, -0.05) is 11.6 Å². The monoisotopic (exact) mass is 200 g/mol. The van der Waals surface area contributed by atoms with Crippen molar-refractivity contribution in [3.8, 4) is 0 Å². The quantitative estimate of drug-likeness (QED) is 0.584. The van der Waals surface area contributed by atoms with Crippen molar-refractivity contribution in [2.45, 2.75) is 20.1 Å². The van der Waals surface area contributed by atoms with Gasteiger partial charge in [-0.25, -0.2) is 0 Å². The van der Waals surface area contributed by atoms with E-state index in [9.17, 15) is 4.79 Å². The largest absolute Gasteiger partial charge is 0.349 e. The van der Waals surface area contributed by atoms with E-state index in [1.54, 1.807) is 13.8 Å². The Morgan fingerprint density at radius 3 is 2.85 bits per heavy atom. The van der Waals surface area contributed by atoms with Gasteiger partial charge in [0.2, 0.25) is 6.29 Å². The number of carbonyl (C=O) groups is 1. The van der Waals surface area contributed by atoms with Crippen LogP contribution in [0.1, 0.15) is 13.8 Å². The van der Waals surface area contributed by atoms with Crippen molar-refractivity contribution in [1.82, 2.24) is 15.6 Å². The van der Waals surface area contributed by atoms with E-state index < -0.39 is 0 Å². The lowest BCUT2D eigenvalue weighted by Gasteiger charge is -2.28. The first-order valence-corrected chi connectivity index (χ1v) is 4.25. The first-order chi connectivity index (χ1) is 6.09. The molecule has 0 radical (unpaired) electrons. The molecule has 0 fully saturated rings. The number of fused-ring (bicyclic) bond motifs is 1. The minimum Gasteiger partial charge on any atom is -0.349 e. The average molecular weight is 201 g/mol. The number of rotatable bonds is 0. The van der Waals surface area contributed by atoms with Crippen LogP contribution in [0.4, 0.5) is 0 Å². The fourth-order valence-electron chi connectivity index (χ4n) is 1.30. The molecule has 1 atom stereocenters. The van der Waals surface area contributed by atoms with Crippen molar-refractivity contribution in [2.75, 3.05) is 0 Å². The fourth-order valence-corrected chi connectivity index (χ4v) is 1.44. The van der Waals surface area contributed by atoms with Crippen LogP contribution in [0.15, 0.2) is 15.8 Å². The standard InChI is InChI=1S/C7H9ClN4O/c1-3-5(8)6(13)12-7(9-3)10-4(2)11-12/h7,9H,1-2H3,(H,10,11). The number of hydrazone groups is 1. The van der Waals surface area contributed by atoms with E-state index in [1.807, 2.05) is 0 Å². The summed E-state index contributed by atoms with van der Waals surface area (Å²) in [7, 11) is 0. The lowest BCUT2D eigenvalue weighted by atomic mass is 10.3. The highest BCUT2D eigenvalue weighted by atomic mass is 35.5. The molecule has 1 unspecified atom stereocenters. The summed E-state index contributed by atoms with van der Waals surface area (Å²) in [5.74, 6) is 0.428. The number of amidine groups is 1. The van der Waals surface area contributed by atoms with Crippen molar-refractivity contribution in [3.05, 3.63) is 10.7 Å². The molecule has 2 aliphatic rings. The molecular weight excluding hydrogens is 192 g/mol. The minimum atomic E-state index is -0.282. The molecule has 0 bridgehead atoms. The molecule has 0 aromatic rings. The molecule has 0 aliphatic carbocycles. The van der Waals surface area contributed by atoms with Crippen LogP contribution in [-0.2, 0) is 4.79 Å². The van der Waals surface area contributed by atoms with Crippen LogP contribution in [-0.4, -0.2) is 23.0 Å². The normalized spacial score (nSPS) is 26.7. The number of amides is 1. The van der Waals surface area contributed by atoms with Gasteiger partial charge in [0, 0.05) is 5.70 Å². The molecule has 0 saturated heterocycles. The summed E-state index contributed by atoms with van der Waals surface area (Å²) >= 11 is 5.76. The summed E-state index contributed by atoms with van der Waals surface area (Å²) in [6, 6.07) is 0. The van der Waals surface area contributed by atoms with Crippen molar-refractivity contribution >= 4 is 23.3 Å². The van der Waals surface area contributed by atoms with Gasteiger partial charge in [-0.2, -0.15) is 10.1 Å². The SMILES string of the molecule is CC1=NN2C(=O)C(Cl)=C(C)NC2N1. The highest BCUT2D eigenvalue weighted by Gasteiger charge is 2.35. The third kappa shape index (κ3) is 1.16. The molecule has 2 aliphatic heterocycles. The van der Waals surface area contributed by atoms with Gasteiger partial charge in [-0.3, -0.25) is 4.79 Å². The van der Waals surface area contributed by atoms with E-state index in [0.717, 1.165) is 0 Å². The molecule has 6 heteroatoms. The van der Waals surface area contributed by atoms with Gasteiger partial charge in [0.05, 0.1) is 0 Å². The fraction of sp³-hybridized carbons (Fsp3) is 0.429. The van der Waals surface area contributed by atoms with Crippen LogP contribution >= 0.6 is 11.6 Å². The summed E-state index contributed by atoms with van der Waals surface area (Å²) in [6.45, 7) is 3.55. The van der Waals surface area contributed by atoms with Crippen LogP contribution in [0.3, 0.4) is 0 Å². The Bertz CT molecular complexity index is 335. The Labute approximate surface area is 80.4 Å². The van der Waals surface area contributed by atoms with Crippen molar-refractivity contribution in [1.29, 1.82) is 0 Å². The van der Waals surface area contributed by atoms with Crippen LogP contribution < -0.4 is 10.6 Å². The van der Waals surface area contributed by atoms with Gasteiger partial charge >= 0.3 is 0 Å². The molecule has 0 spiro atoms. The molecule has 2 N–H and O–H groups in total. The molecule has 2 rings (SSSR count). The average Bonchev–Trinajstić information content (AvgIpc) is 2.42. The van der Waals surface area contributed by atoms with Crippen molar-refractivity contribution in [3.63, 3.8) is 0 Å². The second kappa shape index (κ2) is 2.63. The zero-order valence-electron chi connectivity index (χ0n) is 7.26. The summed E-state index contributed by atoms with van der Waals surface area (Å²) in [4.78, 5) is 11.5. The first kappa shape index (κ1) is 8.37. The third-order valence-electron chi connectivity index (χ3n) is 1.93. The lowest BCUT2D eigenvalue weighted by molar-refractivity contribution is -0.129. The van der Waals surface area contributed by atoms with Gasteiger partial charge in [0.15, 0.2) is 0 Å². The summed E-state index contributed by atoms with van der Waals surface area (Å²) in [5, 5.41) is 11.5. The molecular formula is C7H9ClN4O. The molecule has 13 heavy (non-hydrogen) atoms. The molecule has 0 aromatic heterocycles. The number of allylic oxidation sites excluding steroid dienone is 1. The lowest BCUT2D eigenvalue weighted by Crippen LogP contribution is -2.53. The van der Waals surface area contributed by atoms with Crippen LogP contribution in [0, 0.1) is 0 Å². The zero-order chi connectivity index (χ0) is 9.59. The van der Waals surface area contributed by atoms with E-state index in [0.29, 0.717) is 11.5 Å². The van der Waals surface area contributed by atoms with Gasteiger partial charge in [-0.05, 0) is 13.8 Å². The summed E-state index contributed by atoms with van der Waals surface area (Å²) in [6.07, 6.45) is -0.282. The topological polar surface area (TPSA) is 56.7 Å². The number of nitrogens with zero attached hydrogens (tertiary/aromatic N) is 2. The maximum absolute atomic E-state index is 11.5. The maximum atomic E-state index is 11.5. The number of nitrogens with one attached hydrogen (secondary N) is 2. The molecule has 70 valence electrons. The highest BCUT2D eigenvalue weighted by Crippen LogP contribution is 2.20. The third-order valence-corrected chi connectivity index (χ3v) is 2.37. The number of hydrogen-bond donors (Lipinski definition) is 2. The Hall–Kier alpha value is -1.23. The van der Waals surface area contributed by atoms with Crippen LogP contribution in [0.25, 0.3) is 0 Å². The molecule has 1 amide bonds.